The summed E-state index contributed by atoms with van der Waals surface area (Å²) in [4.78, 5) is 0.0989. The second kappa shape index (κ2) is 6.89. The maximum absolute atomic E-state index is 12.3. The summed E-state index contributed by atoms with van der Waals surface area (Å²) in [5.41, 5.74) is 1.31. The lowest BCUT2D eigenvalue weighted by atomic mass is 10.2. The van der Waals surface area contributed by atoms with Gasteiger partial charge in [0.15, 0.2) is 0 Å². The van der Waals surface area contributed by atoms with E-state index in [2.05, 4.69) is 4.72 Å². The van der Waals surface area contributed by atoms with Crippen molar-refractivity contribution in [3.05, 3.63) is 53.6 Å². The predicted molar refractivity (Wildman–Crippen MR) is 89.6 cm³/mol. The molecule has 0 radical (unpaired) electrons. The summed E-state index contributed by atoms with van der Waals surface area (Å²) in [7, 11) is -5.95. The first-order valence-electron chi connectivity index (χ1n) is 6.89. The van der Waals surface area contributed by atoms with Gasteiger partial charge in [-0.25, -0.2) is 26.7 Å². The number of primary sulfonamides is 1. The zero-order valence-corrected chi connectivity index (χ0v) is 14.8. The third-order valence-corrected chi connectivity index (χ3v) is 5.72. The molecule has 0 heterocycles. The van der Waals surface area contributed by atoms with Crippen LogP contribution in [0.5, 0.6) is 5.75 Å². The maximum atomic E-state index is 12.3. The van der Waals surface area contributed by atoms with Gasteiger partial charge in [0.2, 0.25) is 20.0 Å². The van der Waals surface area contributed by atoms with Crippen molar-refractivity contribution < 1.29 is 21.6 Å². The van der Waals surface area contributed by atoms with Crippen LogP contribution in [0.25, 0.3) is 0 Å². The Bertz CT molecular complexity index is 936. The SMILES string of the molecule is COc1ccc(S(=O)(=O)NCc2ccc(S(N)(=O)=O)cc2)cc1C. The van der Waals surface area contributed by atoms with Gasteiger partial charge in [-0.1, -0.05) is 12.1 Å². The first-order chi connectivity index (χ1) is 11.1. The van der Waals surface area contributed by atoms with Crippen molar-refractivity contribution in [1.82, 2.24) is 4.72 Å². The summed E-state index contributed by atoms with van der Waals surface area (Å²) < 4.78 is 54.6. The molecular weight excluding hydrogens is 352 g/mol. The van der Waals surface area contributed by atoms with Crippen molar-refractivity contribution in [2.45, 2.75) is 23.3 Å². The van der Waals surface area contributed by atoms with Crippen molar-refractivity contribution >= 4 is 20.0 Å². The Morgan fingerprint density at radius 2 is 1.58 bits per heavy atom. The molecule has 0 aliphatic rings. The second-order valence-corrected chi connectivity index (χ2v) is 8.47. The molecule has 0 unspecified atom stereocenters. The van der Waals surface area contributed by atoms with Gasteiger partial charge in [0.05, 0.1) is 16.9 Å². The smallest absolute Gasteiger partial charge is 0.240 e. The Morgan fingerprint density at radius 1 is 1.00 bits per heavy atom. The fourth-order valence-electron chi connectivity index (χ4n) is 2.08. The van der Waals surface area contributed by atoms with E-state index in [1.807, 2.05) is 0 Å². The van der Waals surface area contributed by atoms with Gasteiger partial charge in [-0.2, -0.15) is 0 Å². The molecule has 0 saturated carbocycles. The number of hydrogen-bond donors (Lipinski definition) is 2. The quantitative estimate of drug-likeness (QED) is 0.791. The van der Waals surface area contributed by atoms with Gasteiger partial charge >= 0.3 is 0 Å². The van der Waals surface area contributed by atoms with Gasteiger partial charge < -0.3 is 4.74 Å². The molecule has 0 fully saturated rings. The van der Waals surface area contributed by atoms with Crippen LogP contribution < -0.4 is 14.6 Å². The summed E-state index contributed by atoms with van der Waals surface area (Å²) in [6, 6.07) is 10.2. The standard InChI is InChI=1S/C15H18N2O5S2/c1-11-9-14(7-8-15(11)22-2)24(20,21)17-10-12-3-5-13(6-4-12)23(16,18)19/h3-9,17H,10H2,1-2H3,(H2,16,18,19). The van der Waals surface area contributed by atoms with Crippen molar-refractivity contribution in [2.24, 2.45) is 5.14 Å². The van der Waals surface area contributed by atoms with E-state index < -0.39 is 20.0 Å². The molecule has 130 valence electrons. The Balaban J connectivity index is 2.14. The average Bonchev–Trinajstić information content (AvgIpc) is 2.52. The summed E-state index contributed by atoms with van der Waals surface area (Å²) in [6.07, 6.45) is 0. The van der Waals surface area contributed by atoms with E-state index in [-0.39, 0.29) is 16.3 Å². The molecule has 0 amide bonds. The van der Waals surface area contributed by atoms with Crippen LogP contribution in [-0.4, -0.2) is 23.9 Å². The van der Waals surface area contributed by atoms with Gasteiger partial charge in [0.25, 0.3) is 0 Å². The third kappa shape index (κ3) is 4.32. The van der Waals surface area contributed by atoms with Gasteiger partial charge in [0, 0.05) is 6.54 Å². The zero-order valence-electron chi connectivity index (χ0n) is 13.2. The number of ether oxygens (including phenoxy) is 1. The fraction of sp³-hybridized carbons (Fsp3) is 0.200. The first kappa shape index (κ1) is 18.4. The van der Waals surface area contributed by atoms with Gasteiger partial charge in [-0.05, 0) is 48.4 Å². The average molecular weight is 370 g/mol. The van der Waals surface area contributed by atoms with E-state index in [1.54, 1.807) is 13.0 Å². The third-order valence-electron chi connectivity index (χ3n) is 3.39. The lowest BCUT2D eigenvalue weighted by Gasteiger charge is -2.10. The number of nitrogens with one attached hydrogen (secondary N) is 1. The highest BCUT2D eigenvalue weighted by Gasteiger charge is 2.15. The van der Waals surface area contributed by atoms with Crippen LogP contribution in [0, 0.1) is 6.92 Å². The van der Waals surface area contributed by atoms with E-state index in [4.69, 9.17) is 9.88 Å². The fourth-order valence-corrected chi connectivity index (χ4v) is 3.69. The van der Waals surface area contributed by atoms with E-state index in [0.717, 1.165) is 0 Å². The number of benzene rings is 2. The molecule has 2 aromatic carbocycles. The van der Waals surface area contributed by atoms with E-state index >= 15 is 0 Å². The predicted octanol–water partition coefficient (Wildman–Crippen LogP) is 1.13. The van der Waals surface area contributed by atoms with Crippen LogP contribution in [0.15, 0.2) is 52.3 Å². The molecule has 0 aliphatic carbocycles. The Kier molecular flexibility index (Phi) is 5.29. The van der Waals surface area contributed by atoms with E-state index in [9.17, 15) is 16.8 Å². The normalized spacial score (nSPS) is 12.1. The van der Waals surface area contributed by atoms with Gasteiger partial charge in [0.1, 0.15) is 5.75 Å². The van der Waals surface area contributed by atoms with E-state index in [1.165, 1.54) is 43.5 Å². The van der Waals surface area contributed by atoms with Crippen LogP contribution in [0.3, 0.4) is 0 Å². The lowest BCUT2D eigenvalue weighted by Crippen LogP contribution is -2.23. The van der Waals surface area contributed by atoms with Crippen molar-refractivity contribution in [1.29, 1.82) is 0 Å². The summed E-state index contributed by atoms with van der Waals surface area (Å²) in [5.74, 6) is 0.604. The van der Waals surface area contributed by atoms with Gasteiger partial charge in [-0.15, -0.1) is 0 Å². The van der Waals surface area contributed by atoms with Gasteiger partial charge in [-0.3, -0.25) is 0 Å². The number of sulfonamides is 2. The second-order valence-electron chi connectivity index (χ2n) is 5.14. The molecule has 2 aromatic rings. The van der Waals surface area contributed by atoms with Crippen molar-refractivity contribution in [2.75, 3.05) is 7.11 Å². The highest BCUT2D eigenvalue weighted by Crippen LogP contribution is 2.21. The van der Waals surface area contributed by atoms with Crippen LogP contribution in [0.1, 0.15) is 11.1 Å². The highest BCUT2D eigenvalue weighted by molar-refractivity contribution is 7.89. The molecule has 9 heteroatoms. The molecule has 0 saturated heterocycles. The largest absolute Gasteiger partial charge is 0.496 e. The Hall–Kier alpha value is -1.94. The minimum absolute atomic E-state index is 0.0261. The number of methoxy groups -OCH3 is 1. The topological polar surface area (TPSA) is 116 Å². The molecule has 0 aliphatic heterocycles. The molecular formula is C15H18N2O5S2. The maximum Gasteiger partial charge on any atom is 0.240 e. The highest BCUT2D eigenvalue weighted by atomic mass is 32.2. The number of nitrogens with two attached hydrogens (primary N) is 1. The Labute approximate surface area is 141 Å². The number of hydrogen-bond acceptors (Lipinski definition) is 5. The zero-order chi connectivity index (χ0) is 18.0. The molecule has 0 atom stereocenters. The first-order valence-corrected chi connectivity index (χ1v) is 9.92. The van der Waals surface area contributed by atoms with Crippen molar-refractivity contribution in [3.63, 3.8) is 0 Å². The molecule has 0 bridgehead atoms. The van der Waals surface area contributed by atoms with Crippen LogP contribution in [0.2, 0.25) is 0 Å². The molecule has 3 N–H and O–H groups in total. The van der Waals surface area contributed by atoms with Crippen LogP contribution >= 0.6 is 0 Å². The van der Waals surface area contributed by atoms with E-state index in [0.29, 0.717) is 16.9 Å². The summed E-state index contributed by atoms with van der Waals surface area (Å²) in [6.45, 7) is 1.78. The molecule has 24 heavy (non-hydrogen) atoms. The van der Waals surface area contributed by atoms with Crippen molar-refractivity contribution in [3.8, 4) is 5.75 Å². The van der Waals surface area contributed by atoms with Crippen LogP contribution in [0.4, 0.5) is 0 Å². The number of rotatable bonds is 6. The molecule has 2 rings (SSSR count). The van der Waals surface area contributed by atoms with Crippen LogP contribution in [-0.2, 0) is 26.6 Å². The Morgan fingerprint density at radius 3 is 2.08 bits per heavy atom. The molecule has 0 spiro atoms. The molecule has 0 aromatic heterocycles. The minimum atomic E-state index is -3.77. The lowest BCUT2D eigenvalue weighted by molar-refractivity contribution is 0.411. The monoisotopic (exact) mass is 370 g/mol. The summed E-state index contributed by atoms with van der Waals surface area (Å²) >= 11 is 0. The summed E-state index contributed by atoms with van der Waals surface area (Å²) in [5, 5.41) is 5.01. The molecule has 7 nitrogen and oxygen atoms in total. The number of aryl methyl sites for hydroxylation is 1. The minimum Gasteiger partial charge on any atom is -0.496 e.